The highest BCUT2D eigenvalue weighted by Gasteiger charge is 2.35. The second kappa shape index (κ2) is 9.53. The fraction of sp³-hybridized carbons (Fsp3) is 0.381. The molecule has 0 unspecified atom stereocenters. The van der Waals surface area contributed by atoms with E-state index in [1.807, 2.05) is 0 Å². The minimum absolute atomic E-state index is 0.0210. The SMILES string of the molecule is CS(=O)(=O)c1ccc(C(=O)N2CCC(CS(=O)(=O)c3ccc(F)cc3)CC2)c(OC(F)(F)F)c1. The van der Waals surface area contributed by atoms with E-state index in [0.717, 1.165) is 30.5 Å². The Bertz CT molecular complexity index is 1270. The van der Waals surface area contributed by atoms with Gasteiger partial charge in [-0.1, -0.05) is 0 Å². The van der Waals surface area contributed by atoms with Crippen LogP contribution in [0.4, 0.5) is 17.6 Å². The van der Waals surface area contributed by atoms with Gasteiger partial charge in [-0.05, 0) is 61.2 Å². The second-order valence-corrected chi connectivity index (χ2v) is 12.0. The van der Waals surface area contributed by atoms with Gasteiger partial charge in [0.25, 0.3) is 5.91 Å². The molecule has 0 aromatic heterocycles. The molecule has 1 saturated heterocycles. The minimum atomic E-state index is -5.15. The fourth-order valence-electron chi connectivity index (χ4n) is 3.64. The zero-order chi connectivity index (χ0) is 25.3. The third kappa shape index (κ3) is 6.47. The van der Waals surface area contributed by atoms with Gasteiger partial charge >= 0.3 is 6.36 Å². The number of carbonyl (C=O) groups excluding carboxylic acids is 1. The summed E-state index contributed by atoms with van der Waals surface area (Å²) in [7, 11) is -7.53. The fourth-order valence-corrected chi connectivity index (χ4v) is 5.97. The molecule has 1 amide bonds. The number of nitrogens with zero attached hydrogens (tertiary/aromatic N) is 1. The normalized spacial score (nSPS) is 15.9. The Morgan fingerprint density at radius 1 is 1.00 bits per heavy atom. The molecule has 2 aromatic rings. The molecule has 0 radical (unpaired) electrons. The van der Waals surface area contributed by atoms with Gasteiger partial charge in [0.05, 0.1) is 21.1 Å². The van der Waals surface area contributed by atoms with Crippen molar-refractivity contribution in [3.63, 3.8) is 0 Å². The van der Waals surface area contributed by atoms with Crippen LogP contribution in [-0.4, -0.2) is 59.1 Å². The van der Waals surface area contributed by atoms with E-state index in [4.69, 9.17) is 0 Å². The Morgan fingerprint density at radius 3 is 2.09 bits per heavy atom. The minimum Gasteiger partial charge on any atom is -0.405 e. The molecular formula is C21H21F4NO6S2. The van der Waals surface area contributed by atoms with Gasteiger partial charge in [0.2, 0.25) is 0 Å². The lowest BCUT2D eigenvalue weighted by Gasteiger charge is -2.32. The highest BCUT2D eigenvalue weighted by Crippen LogP contribution is 2.31. The smallest absolute Gasteiger partial charge is 0.405 e. The molecule has 7 nitrogen and oxygen atoms in total. The van der Waals surface area contributed by atoms with Crippen molar-refractivity contribution in [3.05, 3.63) is 53.8 Å². The lowest BCUT2D eigenvalue weighted by molar-refractivity contribution is -0.274. The summed E-state index contributed by atoms with van der Waals surface area (Å²) in [6.07, 6.45) is -3.77. The quantitative estimate of drug-likeness (QED) is 0.425. The first-order chi connectivity index (χ1) is 15.7. The number of carbonyl (C=O) groups is 1. The number of sulfone groups is 2. The summed E-state index contributed by atoms with van der Waals surface area (Å²) in [5.41, 5.74) is -0.456. The zero-order valence-electron chi connectivity index (χ0n) is 17.9. The van der Waals surface area contributed by atoms with Gasteiger partial charge in [0.15, 0.2) is 19.7 Å². The van der Waals surface area contributed by atoms with E-state index in [0.29, 0.717) is 6.07 Å². The van der Waals surface area contributed by atoms with Crippen molar-refractivity contribution < 1.29 is 43.9 Å². The molecule has 0 atom stereocenters. The summed E-state index contributed by atoms with van der Waals surface area (Å²) in [6.45, 7) is 0.170. The monoisotopic (exact) mass is 523 g/mol. The molecule has 0 N–H and O–H groups in total. The number of likely N-dealkylation sites (tertiary alicyclic amines) is 1. The Labute approximate surface area is 194 Å². The summed E-state index contributed by atoms with van der Waals surface area (Å²) < 4.78 is 104. The molecule has 0 bridgehead atoms. The van der Waals surface area contributed by atoms with E-state index in [1.54, 1.807) is 0 Å². The average molecular weight is 524 g/mol. The first-order valence-electron chi connectivity index (χ1n) is 10.0. The van der Waals surface area contributed by atoms with Crippen molar-refractivity contribution in [2.75, 3.05) is 25.1 Å². The molecule has 1 heterocycles. The van der Waals surface area contributed by atoms with Crippen LogP contribution < -0.4 is 4.74 Å². The van der Waals surface area contributed by atoms with E-state index in [2.05, 4.69) is 4.74 Å². The number of hydrogen-bond acceptors (Lipinski definition) is 6. The van der Waals surface area contributed by atoms with E-state index >= 15 is 0 Å². The van der Waals surface area contributed by atoms with Crippen LogP contribution in [0.15, 0.2) is 52.3 Å². The lowest BCUT2D eigenvalue weighted by atomic mass is 9.98. The maximum atomic E-state index is 13.1. The molecule has 0 aliphatic carbocycles. The molecule has 1 fully saturated rings. The van der Waals surface area contributed by atoms with Crippen LogP contribution >= 0.6 is 0 Å². The van der Waals surface area contributed by atoms with Crippen LogP contribution in [0.1, 0.15) is 23.2 Å². The van der Waals surface area contributed by atoms with Crippen molar-refractivity contribution in [2.24, 2.45) is 5.92 Å². The predicted molar refractivity (Wildman–Crippen MR) is 113 cm³/mol. The van der Waals surface area contributed by atoms with Gasteiger partial charge in [-0.2, -0.15) is 0 Å². The summed E-state index contributed by atoms with van der Waals surface area (Å²) >= 11 is 0. The molecule has 3 rings (SSSR count). The summed E-state index contributed by atoms with van der Waals surface area (Å²) in [5.74, 6) is -2.81. The largest absolute Gasteiger partial charge is 0.573 e. The Balaban J connectivity index is 1.73. The van der Waals surface area contributed by atoms with Crippen LogP contribution in [0.2, 0.25) is 0 Å². The van der Waals surface area contributed by atoms with Crippen LogP contribution in [0.25, 0.3) is 0 Å². The van der Waals surface area contributed by atoms with Crippen LogP contribution in [0.5, 0.6) is 5.75 Å². The van der Waals surface area contributed by atoms with Gasteiger partial charge in [-0.3, -0.25) is 4.79 Å². The number of hydrogen-bond donors (Lipinski definition) is 0. The molecular weight excluding hydrogens is 502 g/mol. The topological polar surface area (TPSA) is 97.8 Å². The Kier molecular flexibility index (Phi) is 7.27. The number of rotatable bonds is 6. The van der Waals surface area contributed by atoms with Crippen molar-refractivity contribution >= 4 is 25.6 Å². The van der Waals surface area contributed by atoms with Gasteiger partial charge in [0.1, 0.15) is 11.6 Å². The number of piperidine rings is 1. The van der Waals surface area contributed by atoms with Gasteiger partial charge in [-0.25, -0.2) is 21.2 Å². The molecule has 186 valence electrons. The molecule has 13 heteroatoms. The Hall–Kier alpha value is -2.67. The van der Waals surface area contributed by atoms with Crippen molar-refractivity contribution in [1.82, 2.24) is 4.90 Å². The third-order valence-corrected chi connectivity index (χ3v) is 8.38. The summed E-state index contributed by atoms with van der Waals surface area (Å²) in [6, 6.07) is 7.07. The maximum absolute atomic E-state index is 13.1. The van der Waals surface area contributed by atoms with Gasteiger partial charge in [0, 0.05) is 19.3 Å². The number of alkyl halides is 3. The van der Waals surface area contributed by atoms with Gasteiger partial charge in [-0.15, -0.1) is 13.2 Å². The predicted octanol–water partition coefficient (Wildman–Crippen LogP) is 3.45. The number of amides is 1. The standard InChI is InChI=1S/C21H21F4NO6S2/c1-33(28,29)17-6-7-18(19(12-17)32-21(23,24)25)20(27)26-10-8-14(9-11-26)13-34(30,31)16-4-2-15(22)3-5-16/h2-7,12,14H,8-11,13H2,1H3. The molecule has 1 aliphatic rings. The van der Waals surface area contributed by atoms with E-state index < -0.39 is 54.0 Å². The molecule has 34 heavy (non-hydrogen) atoms. The van der Waals surface area contributed by atoms with E-state index in [-0.39, 0.29) is 42.5 Å². The number of ether oxygens (including phenoxy) is 1. The number of halogens is 4. The first-order valence-corrected chi connectivity index (χ1v) is 13.6. The molecule has 0 saturated carbocycles. The zero-order valence-corrected chi connectivity index (χ0v) is 19.5. The highest BCUT2D eigenvalue weighted by atomic mass is 32.2. The average Bonchev–Trinajstić information content (AvgIpc) is 2.72. The van der Waals surface area contributed by atoms with Crippen molar-refractivity contribution in [2.45, 2.75) is 29.0 Å². The maximum Gasteiger partial charge on any atom is 0.573 e. The van der Waals surface area contributed by atoms with Crippen molar-refractivity contribution in [1.29, 1.82) is 0 Å². The summed E-state index contributed by atoms with van der Waals surface area (Å²) in [5, 5.41) is 0. The number of benzene rings is 2. The third-order valence-electron chi connectivity index (χ3n) is 5.37. The molecule has 1 aliphatic heterocycles. The molecule has 2 aromatic carbocycles. The van der Waals surface area contributed by atoms with Gasteiger partial charge < -0.3 is 9.64 Å². The molecule has 0 spiro atoms. The van der Waals surface area contributed by atoms with E-state index in [9.17, 15) is 39.2 Å². The van der Waals surface area contributed by atoms with Crippen molar-refractivity contribution in [3.8, 4) is 5.75 Å². The van der Waals surface area contributed by atoms with Crippen LogP contribution in [0, 0.1) is 11.7 Å². The van der Waals surface area contributed by atoms with Crippen LogP contribution in [-0.2, 0) is 19.7 Å². The first kappa shape index (κ1) is 25.9. The Morgan fingerprint density at radius 2 is 1.56 bits per heavy atom. The summed E-state index contributed by atoms with van der Waals surface area (Å²) in [4.78, 5) is 13.7. The lowest BCUT2D eigenvalue weighted by Crippen LogP contribution is -2.40. The van der Waals surface area contributed by atoms with E-state index in [1.165, 1.54) is 17.0 Å². The highest BCUT2D eigenvalue weighted by molar-refractivity contribution is 7.91. The second-order valence-electron chi connectivity index (χ2n) is 7.95. The van der Waals surface area contributed by atoms with Crippen LogP contribution in [0.3, 0.4) is 0 Å².